The minimum Gasteiger partial charge on any atom is -1.00 e. The zero-order valence-electron chi connectivity index (χ0n) is 23.8. The molecule has 5 nitrogen and oxygen atoms in total. The van der Waals surface area contributed by atoms with E-state index in [4.69, 9.17) is 27.9 Å². The maximum absolute atomic E-state index is 10.1. The molecule has 0 bridgehead atoms. The quantitative estimate of drug-likeness (QED) is 0.104. The number of aromatic nitrogens is 2. The Morgan fingerprint density at radius 1 is 0.837 bits per heavy atom. The molecule has 4 aromatic rings. The van der Waals surface area contributed by atoms with Gasteiger partial charge in [0.25, 0.3) is 0 Å². The van der Waals surface area contributed by atoms with Gasteiger partial charge in [-0.1, -0.05) is 65.7 Å². The number of benzene rings is 2. The summed E-state index contributed by atoms with van der Waals surface area (Å²) in [6, 6.07) is 21.6. The maximum atomic E-state index is 10.1. The number of aliphatic hydroxyl groups excluding tert-OH is 1. The zero-order valence-corrected chi connectivity index (χ0v) is 32.2. The molecule has 12 heteroatoms. The van der Waals surface area contributed by atoms with Crippen LogP contribution < -0.4 is 12.4 Å². The first kappa shape index (κ1) is 44.5. The number of pyridine rings is 2. The number of rotatable bonds is 3. The molecular weight excluding hydrogens is 819 g/mol. The molecule has 5 rings (SSSR count). The van der Waals surface area contributed by atoms with Crippen molar-refractivity contribution in [3.05, 3.63) is 132 Å². The fourth-order valence-electron chi connectivity index (χ4n) is 2.86. The monoisotopic (exact) mass is 846 g/mol. The van der Waals surface area contributed by atoms with E-state index in [2.05, 4.69) is 57.8 Å². The molecule has 1 N–H and O–H groups in total. The van der Waals surface area contributed by atoms with Gasteiger partial charge in [0.15, 0.2) is 6.29 Å². The summed E-state index contributed by atoms with van der Waals surface area (Å²) in [5.41, 5.74) is 1.95. The Kier molecular flexibility index (Phi) is 28.7. The number of ether oxygens (including phenoxy) is 1. The summed E-state index contributed by atoms with van der Waals surface area (Å²) in [6.45, 7) is 6.00. The summed E-state index contributed by atoms with van der Waals surface area (Å²) in [7, 11) is 0. The van der Waals surface area contributed by atoms with Gasteiger partial charge in [-0.25, -0.2) is 9.97 Å². The van der Waals surface area contributed by atoms with Gasteiger partial charge in [0.2, 0.25) is 0 Å². The minimum absolute atomic E-state index is 0. The van der Waals surface area contributed by atoms with E-state index in [1.807, 2.05) is 50.6 Å². The van der Waals surface area contributed by atoms with Crippen LogP contribution in [0.15, 0.2) is 98.9 Å². The first-order valence-electron chi connectivity index (χ1n) is 12.6. The maximum Gasteiger partial charge on any atom is 2.00 e. The predicted molar refractivity (Wildman–Crippen MR) is 185 cm³/mol. The van der Waals surface area contributed by atoms with Crippen LogP contribution in [0, 0.1) is 6.42 Å². The molecule has 228 valence electrons. The summed E-state index contributed by atoms with van der Waals surface area (Å²) < 4.78 is 7.55. The molecule has 1 unspecified atom stereocenters. The Hall–Kier alpha value is -0.594. The van der Waals surface area contributed by atoms with E-state index < -0.39 is 6.10 Å². The number of halogens is 6. The van der Waals surface area contributed by atoms with Crippen LogP contribution in [0.3, 0.4) is 0 Å². The predicted octanol–water partition coefficient (Wildman–Crippen LogP) is 6.99. The van der Waals surface area contributed by atoms with Crippen molar-refractivity contribution in [1.82, 2.24) is 9.97 Å². The third-order valence-electron chi connectivity index (χ3n) is 4.82. The fraction of sp³-hybridized carbons (Fsp3) is 0.226. The number of aliphatic hydroxyl groups is 1. The normalized spacial score (nSPS) is 11.4. The molecule has 1 saturated heterocycles. The molecule has 0 amide bonds. The average molecular weight is 851 g/mol. The molecular formula is C31H32Br3Cl3MgN2O3. The van der Waals surface area contributed by atoms with Crippen LogP contribution in [0.2, 0.25) is 10.0 Å². The van der Waals surface area contributed by atoms with Crippen LogP contribution in [-0.2, 0) is 4.74 Å². The molecule has 1 atom stereocenters. The number of carbonyl (C=O) groups is 1. The smallest absolute Gasteiger partial charge is 1.00 e. The topological polar surface area (TPSA) is 72.3 Å². The Labute approximate surface area is 312 Å². The van der Waals surface area contributed by atoms with Crippen molar-refractivity contribution in [2.45, 2.75) is 32.8 Å². The average Bonchev–Trinajstić information content (AvgIpc) is 3.57. The van der Waals surface area contributed by atoms with Crippen LogP contribution in [0.4, 0.5) is 0 Å². The van der Waals surface area contributed by atoms with Gasteiger partial charge < -0.3 is 28.7 Å². The largest absolute Gasteiger partial charge is 2.00 e. The minimum atomic E-state index is -0.741. The number of hydrogen-bond acceptors (Lipinski definition) is 5. The molecule has 2 aromatic carbocycles. The van der Waals surface area contributed by atoms with Gasteiger partial charge in [0.1, 0.15) is 15.3 Å². The van der Waals surface area contributed by atoms with E-state index in [0.29, 0.717) is 21.2 Å². The molecule has 0 spiro atoms. The Balaban J connectivity index is 0. The van der Waals surface area contributed by atoms with Crippen molar-refractivity contribution in [3.8, 4) is 0 Å². The first-order chi connectivity index (χ1) is 19.7. The number of carbonyl (C=O) groups excluding carboxylic acids is 1. The summed E-state index contributed by atoms with van der Waals surface area (Å²) in [6.07, 6.45) is 7.92. The molecule has 0 saturated carbocycles. The fourth-order valence-corrected chi connectivity index (χ4v) is 3.99. The van der Waals surface area contributed by atoms with Crippen molar-refractivity contribution < 1.29 is 27.0 Å². The van der Waals surface area contributed by atoms with Gasteiger partial charge in [0.05, 0.1) is 5.02 Å². The number of nitrogens with zero attached hydrogens (tertiary/aromatic N) is 2. The van der Waals surface area contributed by atoms with Gasteiger partial charge in [-0.2, -0.15) is 13.8 Å². The van der Waals surface area contributed by atoms with Crippen LogP contribution in [0.25, 0.3) is 0 Å². The van der Waals surface area contributed by atoms with Crippen LogP contribution in [-0.4, -0.2) is 57.6 Å². The first-order valence-corrected chi connectivity index (χ1v) is 15.7. The van der Waals surface area contributed by atoms with E-state index in [1.54, 1.807) is 54.9 Å². The summed E-state index contributed by atoms with van der Waals surface area (Å²) >= 11 is 21.3. The summed E-state index contributed by atoms with van der Waals surface area (Å²) in [4.78, 5) is 18.2. The molecule has 1 aliphatic heterocycles. The van der Waals surface area contributed by atoms with Gasteiger partial charge >= 0.3 is 23.1 Å². The van der Waals surface area contributed by atoms with Crippen LogP contribution in [0.5, 0.6) is 0 Å². The van der Waals surface area contributed by atoms with E-state index in [9.17, 15) is 9.90 Å². The number of hydrogen-bond donors (Lipinski definition) is 1. The van der Waals surface area contributed by atoms with Crippen LogP contribution >= 0.6 is 71.0 Å². The van der Waals surface area contributed by atoms with E-state index in [0.717, 1.165) is 38.7 Å². The molecule has 2 aromatic heterocycles. The molecule has 3 heterocycles. The van der Waals surface area contributed by atoms with Gasteiger partial charge in [-0.3, -0.25) is 4.79 Å². The molecule has 0 aliphatic carbocycles. The van der Waals surface area contributed by atoms with Crippen molar-refractivity contribution in [1.29, 1.82) is 0 Å². The van der Waals surface area contributed by atoms with Crippen molar-refractivity contribution >= 4 is 100 Å². The van der Waals surface area contributed by atoms with E-state index in [-0.39, 0.29) is 35.5 Å². The molecule has 43 heavy (non-hydrogen) atoms. The second-order valence-electron chi connectivity index (χ2n) is 8.17. The van der Waals surface area contributed by atoms with Crippen molar-refractivity contribution in [2.75, 3.05) is 13.2 Å². The van der Waals surface area contributed by atoms with Gasteiger partial charge in [-0.05, 0) is 91.0 Å². The second kappa shape index (κ2) is 27.7. The van der Waals surface area contributed by atoms with Gasteiger partial charge in [0, 0.05) is 51.8 Å². The third-order valence-corrected chi connectivity index (χ3v) is 6.91. The van der Waals surface area contributed by atoms with Crippen LogP contribution in [0.1, 0.15) is 54.3 Å². The third kappa shape index (κ3) is 20.2. The standard InChI is InChI=1S/C12H9BrClNO.C7H5ClO.C5H3Br2N.C4H8O.C3H7.ClH.Mg/c13-11-6-5-8(7-15-11)12(16)9-3-1-2-4-10(9)14;8-7-4-2-1-3-6(7)5-9;6-4-1-2-5(7)8-3-4;1-2-4-5-3-1;1-3-2;;/h1-7,12,16H;1-5H;1-3H;1-4H2;3H,1-2H3;1H;/q;;;;-1;;+2/p-1. The molecule has 1 aliphatic rings. The Morgan fingerprint density at radius 3 is 1.72 bits per heavy atom. The summed E-state index contributed by atoms with van der Waals surface area (Å²) in [5, 5.41) is 11.2. The molecule has 1 fully saturated rings. The van der Waals surface area contributed by atoms with Crippen molar-refractivity contribution in [3.63, 3.8) is 0 Å². The SMILES string of the molecule is Brc1ccc(Br)nc1.C1CCOC1.C[CH-]C.O=Cc1ccccc1Cl.OC(c1ccc(Br)nc1)c1ccccc1Cl.[Cl-].[Mg+2]. The number of aldehydes is 1. The van der Waals surface area contributed by atoms with Gasteiger partial charge in [-0.15, -0.1) is 0 Å². The second-order valence-corrected chi connectivity index (χ2v) is 11.5. The summed E-state index contributed by atoms with van der Waals surface area (Å²) in [5.74, 6) is 0. The Morgan fingerprint density at radius 2 is 1.35 bits per heavy atom. The zero-order chi connectivity index (χ0) is 30.5. The Bertz CT molecular complexity index is 1240. The van der Waals surface area contributed by atoms with Crippen molar-refractivity contribution in [2.24, 2.45) is 0 Å². The van der Waals surface area contributed by atoms with E-state index >= 15 is 0 Å². The molecule has 0 radical (unpaired) electrons. The van der Waals surface area contributed by atoms with E-state index in [1.165, 1.54) is 12.8 Å².